The highest BCUT2D eigenvalue weighted by Gasteiger charge is 2.24. The average Bonchev–Trinajstić information content (AvgIpc) is 3.34. The summed E-state index contributed by atoms with van der Waals surface area (Å²) in [5.74, 6) is 0.728. The predicted octanol–water partition coefficient (Wildman–Crippen LogP) is 4.09. The number of carbonyl (C=O) groups is 1. The lowest BCUT2D eigenvalue weighted by Crippen LogP contribution is -2.23. The summed E-state index contributed by atoms with van der Waals surface area (Å²) < 4.78 is 20.4. The van der Waals surface area contributed by atoms with Crippen LogP contribution in [0.4, 0.5) is 4.39 Å². The molecule has 0 saturated carbocycles. The summed E-state index contributed by atoms with van der Waals surface area (Å²) in [5.41, 5.74) is 2.27. The van der Waals surface area contributed by atoms with E-state index < -0.39 is 5.54 Å². The van der Waals surface area contributed by atoms with E-state index in [0.29, 0.717) is 51.7 Å². The molecule has 0 atom stereocenters. The Hall–Kier alpha value is -3.95. The predicted molar refractivity (Wildman–Crippen MR) is 120 cm³/mol. The minimum atomic E-state index is -0.840. The van der Waals surface area contributed by atoms with Gasteiger partial charge in [0.2, 0.25) is 5.89 Å². The molecule has 2 aromatic heterocycles. The Labute approximate surface area is 189 Å². The summed E-state index contributed by atoms with van der Waals surface area (Å²) in [4.78, 5) is 33.0. The van der Waals surface area contributed by atoms with Crippen LogP contribution in [0.25, 0.3) is 22.2 Å². The number of aromatic nitrogens is 4. The van der Waals surface area contributed by atoms with Crippen LogP contribution in [0, 0.1) is 17.6 Å². The Morgan fingerprint density at radius 2 is 1.94 bits per heavy atom. The summed E-state index contributed by atoms with van der Waals surface area (Å²) >= 11 is 0. The molecule has 0 radical (unpaired) electrons. The largest absolute Gasteiger partial charge is 0.343 e. The van der Waals surface area contributed by atoms with Gasteiger partial charge in [0, 0.05) is 24.6 Å². The zero-order chi connectivity index (χ0) is 23.8. The molecule has 0 spiro atoms. The molecular formula is C23H23FN6O3. The van der Waals surface area contributed by atoms with Crippen LogP contribution < -0.4 is 5.32 Å². The molecule has 1 N–H and O–H groups in total. The first kappa shape index (κ1) is 22.3. The normalized spacial score (nSPS) is 11.7. The molecule has 0 fully saturated rings. The SMILES string of the molecule is Cc1noc(CNC(=O)c2cc(-c3ccc(F)cc3)c3nc(CC(C)(C)N=O)n(C)c3c2)n1. The first-order valence-electron chi connectivity index (χ1n) is 10.3. The molecule has 33 heavy (non-hydrogen) atoms. The van der Waals surface area contributed by atoms with E-state index in [-0.39, 0.29) is 18.3 Å². The summed E-state index contributed by atoms with van der Waals surface area (Å²) in [7, 11) is 1.82. The van der Waals surface area contributed by atoms with E-state index >= 15 is 0 Å². The number of nitrogens with zero attached hydrogens (tertiary/aromatic N) is 5. The van der Waals surface area contributed by atoms with E-state index in [4.69, 9.17) is 9.51 Å². The fourth-order valence-corrected chi connectivity index (χ4v) is 3.56. The van der Waals surface area contributed by atoms with E-state index in [0.717, 1.165) is 0 Å². The van der Waals surface area contributed by atoms with Gasteiger partial charge in [0.25, 0.3) is 5.91 Å². The van der Waals surface area contributed by atoms with Gasteiger partial charge in [-0.2, -0.15) is 9.89 Å². The number of fused-ring (bicyclic) bond motifs is 1. The van der Waals surface area contributed by atoms with Crippen LogP contribution >= 0.6 is 0 Å². The second-order valence-electron chi connectivity index (χ2n) is 8.48. The quantitative estimate of drug-likeness (QED) is 0.424. The number of nitrogens with one attached hydrogen (secondary N) is 1. The number of carbonyl (C=O) groups excluding carboxylic acids is 1. The Bertz CT molecular complexity index is 1340. The van der Waals surface area contributed by atoms with Gasteiger partial charge in [-0.3, -0.25) is 4.79 Å². The van der Waals surface area contributed by atoms with Crippen molar-refractivity contribution in [3.05, 3.63) is 70.2 Å². The maximum Gasteiger partial charge on any atom is 0.251 e. The summed E-state index contributed by atoms with van der Waals surface area (Å²) in [6.07, 6.45) is 0.322. The molecule has 0 aliphatic rings. The fraction of sp³-hybridized carbons (Fsp3) is 0.304. The van der Waals surface area contributed by atoms with E-state index in [2.05, 4.69) is 20.6 Å². The molecule has 4 rings (SSSR count). The minimum Gasteiger partial charge on any atom is -0.343 e. The second-order valence-corrected chi connectivity index (χ2v) is 8.48. The van der Waals surface area contributed by atoms with Crippen molar-refractivity contribution in [2.75, 3.05) is 0 Å². The van der Waals surface area contributed by atoms with Crippen molar-refractivity contribution in [3.63, 3.8) is 0 Å². The topological polar surface area (TPSA) is 115 Å². The number of halogens is 1. The van der Waals surface area contributed by atoms with Crippen LogP contribution in [0.5, 0.6) is 0 Å². The van der Waals surface area contributed by atoms with E-state index in [9.17, 15) is 14.1 Å². The van der Waals surface area contributed by atoms with E-state index in [1.807, 2.05) is 11.6 Å². The number of rotatable bonds is 7. The van der Waals surface area contributed by atoms with Crippen molar-refractivity contribution in [2.24, 2.45) is 12.2 Å². The molecule has 1 amide bonds. The zero-order valence-electron chi connectivity index (χ0n) is 18.7. The first-order chi connectivity index (χ1) is 15.7. The molecule has 2 heterocycles. The number of aryl methyl sites for hydroxylation is 2. The van der Waals surface area contributed by atoms with Crippen LogP contribution in [-0.2, 0) is 20.0 Å². The lowest BCUT2D eigenvalue weighted by Gasteiger charge is -2.14. The zero-order valence-corrected chi connectivity index (χ0v) is 18.7. The standard InChI is InChI=1S/C23H23FN6O3/c1-13-26-20(33-28-13)12-25-22(31)15-9-17(14-5-7-16(24)8-6-14)21-18(10-15)30(4)19(27-21)11-23(2,3)29-32/h5-10H,11-12H2,1-4H3,(H,25,31). The number of amides is 1. The molecule has 0 aliphatic carbocycles. The van der Waals surface area contributed by atoms with Crippen molar-refractivity contribution in [2.45, 2.75) is 39.3 Å². The molecule has 0 unspecified atom stereocenters. The number of nitroso groups, excluding NO2 is 1. The van der Waals surface area contributed by atoms with Crippen molar-refractivity contribution in [1.29, 1.82) is 0 Å². The highest BCUT2D eigenvalue weighted by Crippen LogP contribution is 2.31. The number of imidazole rings is 1. The Balaban J connectivity index is 1.78. The second kappa shape index (κ2) is 8.53. The maximum absolute atomic E-state index is 13.5. The number of benzene rings is 2. The van der Waals surface area contributed by atoms with Crippen LogP contribution in [-0.4, -0.2) is 31.1 Å². The molecule has 10 heteroatoms. The van der Waals surface area contributed by atoms with Gasteiger partial charge in [0.05, 0.1) is 17.6 Å². The van der Waals surface area contributed by atoms with E-state index in [1.165, 1.54) is 12.1 Å². The number of hydrogen-bond acceptors (Lipinski definition) is 7. The van der Waals surface area contributed by atoms with Gasteiger partial charge in [0.1, 0.15) is 17.2 Å². The lowest BCUT2D eigenvalue weighted by atomic mass is 10.0. The monoisotopic (exact) mass is 450 g/mol. The lowest BCUT2D eigenvalue weighted by molar-refractivity contribution is 0.0946. The van der Waals surface area contributed by atoms with Gasteiger partial charge in [-0.1, -0.05) is 22.5 Å². The summed E-state index contributed by atoms with van der Waals surface area (Å²) in [6.45, 7) is 5.25. The summed E-state index contributed by atoms with van der Waals surface area (Å²) in [5, 5.41) is 9.67. The molecule has 4 aromatic rings. The van der Waals surface area contributed by atoms with Crippen molar-refractivity contribution >= 4 is 16.9 Å². The van der Waals surface area contributed by atoms with Crippen LogP contribution in [0.15, 0.2) is 46.1 Å². The molecule has 2 aromatic carbocycles. The molecular weight excluding hydrogens is 427 g/mol. The summed E-state index contributed by atoms with van der Waals surface area (Å²) in [6, 6.07) is 9.43. The molecule has 0 bridgehead atoms. The van der Waals surface area contributed by atoms with Gasteiger partial charge in [-0.25, -0.2) is 9.37 Å². The maximum atomic E-state index is 13.5. The molecule has 9 nitrogen and oxygen atoms in total. The third kappa shape index (κ3) is 4.64. The Morgan fingerprint density at radius 3 is 2.58 bits per heavy atom. The first-order valence-corrected chi connectivity index (χ1v) is 10.3. The van der Waals surface area contributed by atoms with Crippen LogP contribution in [0.1, 0.15) is 41.7 Å². The highest BCUT2D eigenvalue weighted by atomic mass is 19.1. The van der Waals surface area contributed by atoms with Gasteiger partial charge in [-0.05, 0) is 50.6 Å². The van der Waals surface area contributed by atoms with Gasteiger partial charge >= 0.3 is 0 Å². The van der Waals surface area contributed by atoms with Gasteiger partial charge in [-0.15, -0.1) is 0 Å². The highest BCUT2D eigenvalue weighted by molar-refractivity contribution is 6.02. The fourth-order valence-electron chi connectivity index (χ4n) is 3.56. The average molecular weight is 450 g/mol. The minimum absolute atomic E-state index is 0.0828. The molecule has 170 valence electrons. The van der Waals surface area contributed by atoms with Crippen LogP contribution in [0.3, 0.4) is 0 Å². The van der Waals surface area contributed by atoms with E-state index in [1.54, 1.807) is 45.0 Å². The number of hydrogen-bond donors (Lipinski definition) is 1. The third-order valence-electron chi connectivity index (χ3n) is 5.30. The Morgan fingerprint density at radius 1 is 1.21 bits per heavy atom. The third-order valence-corrected chi connectivity index (χ3v) is 5.30. The van der Waals surface area contributed by atoms with Crippen molar-refractivity contribution in [3.8, 4) is 11.1 Å². The molecule has 0 aliphatic heterocycles. The van der Waals surface area contributed by atoms with Crippen molar-refractivity contribution < 1.29 is 13.7 Å². The van der Waals surface area contributed by atoms with Gasteiger partial charge in [0.15, 0.2) is 5.82 Å². The Kier molecular flexibility index (Phi) is 5.75. The smallest absolute Gasteiger partial charge is 0.251 e. The van der Waals surface area contributed by atoms with Crippen molar-refractivity contribution in [1.82, 2.24) is 25.0 Å². The van der Waals surface area contributed by atoms with Crippen LogP contribution in [0.2, 0.25) is 0 Å². The van der Waals surface area contributed by atoms with Gasteiger partial charge < -0.3 is 14.4 Å². The molecule has 0 saturated heterocycles.